The van der Waals surface area contributed by atoms with Crippen molar-refractivity contribution < 1.29 is 4.74 Å². The van der Waals surface area contributed by atoms with Gasteiger partial charge in [-0.2, -0.15) is 0 Å². The Hall–Kier alpha value is -0.730. The van der Waals surface area contributed by atoms with Gasteiger partial charge in [0.2, 0.25) is 0 Å². The summed E-state index contributed by atoms with van der Waals surface area (Å²) in [5, 5.41) is 4.47. The van der Waals surface area contributed by atoms with Crippen LogP contribution in [0.25, 0.3) is 0 Å². The average molecular weight is 280 g/mol. The van der Waals surface area contributed by atoms with E-state index in [9.17, 15) is 0 Å². The monoisotopic (exact) mass is 279 g/mol. The SMILES string of the molecule is Cc1ccc(Cl)c(NC2C3CCCOC3C2(C)C)c1. The average Bonchev–Trinajstić information content (AvgIpc) is 2.39. The Balaban J connectivity index is 1.81. The van der Waals surface area contributed by atoms with Gasteiger partial charge in [-0.05, 0) is 37.5 Å². The molecule has 1 saturated carbocycles. The third-order valence-corrected chi connectivity index (χ3v) is 5.09. The lowest BCUT2D eigenvalue weighted by Crippen LogP contribution is -2.67. The number of ether oxygens (including phenoxy) is 1. The summed E-state index contributed by atoms with van der Waals surface area (Å²) < 4.78 is 5.94. The molecule has 2 fully saturated rings. The third kappa shape index (κ3) is 2.15. The lowest BCUT2D eigenvalue weighted by Gasteiger charge is -2.60. The van der Waals surface area contributed by atoms with Gasteiger partial charge in [0.1, 0.15) is 0 Å². The maximum absolute atomic E-state index is 6.30. The Morgan fingerprint density at radius 3 is 2.95 bits per heavy atom. The van der Waals surface area contributed by atoms with Gasteiger partial charge in [-0.15, -0.1) is 0 Å². The molecule has 1 aliphatic heterocycles. The van der Waals surface area contributed by atoms with Gasteiger partial charge in [-0.1, -0.05) is 31.5 Å². The fraction of sp³-hybridized carbons (Fsp3) is 0.625. The highest BCUT2D eigenvalue weighted by Crippen LogP contribution is 2.52. The highest BCUT2D eigenvalue weighted by Gasteiger charge is 2.57. The number of anilines is 1. The normalized spacial score (nSPS) is 32.3. The molecular formula is C16H22ClNO. The first-order chi connectivity index (χ1) is 9.00. The lowest BCUT2D eigenvalue weighted by atomic mass is 9.55. The predicted octanol–water partition coefficient (Wildman–Crippen LogP) is 4.26. The first kappa shape index (κ1) is 13.3. The van der Waals surface area contributed by atoms with Crippen LogP contribution in [0.5, 0.6) is 0 Å². The Bertz CT molecular complexity index is 486. The molecule has 1 N–H and O–H groups in total. The third-order valence-electron chi connectivity index (χ3n) is 4.76. The quantitative estimate of drug-likeness (QED) is 0.873. The number of benzene rings is 1. The zero-order valence-electron chi connectivity index (χ0n) is 11.9. The second-order valence-electron chi connectivity index (χ2n) is 6.52. The minimum absolute atomic E-state index is 0.179. The van der Waals surface area contributed by atoms with E-state index in [1.54, 1.807) is 0 Å². The molecule has 1 aliphatic carbocycles. The van der Waals surface area contributed by atoms with Crippen molar-refractivity contribution >= 4 is 17.3 Å². The van der Waals surface area contributed by atoms with Gasteiger partial charge in [0.15, 0.2) is 0 Å². The van der Waals surface area contributed by atoms with Crippen LogP contribution in [0.4, 0.5) is 5.69 Å². The summed E-state index contributed by atoms with van der Waals surface area (Å²) in [5.41, 5.74) is 2.47. The van der Waals surface area contributed by atoms with Crippen LogP contribution in [0.2, 0.25) is 5.02 Å². The number of hydrogen-bond donors (Lipinski definition) is 1. The maximum Gasteiger partial charge on any atom is 0.0693 e. The molecule has 3 atom stereocenters. The Labute approximate surface area is 120 Å². The molecule has 1 aromatic rings. The van der Waals surface area contributed by atoms with E-state index in [0.717, 1.165) is 17.3 Å². The molecule has 0 amide bonds. The minimum atomic E-state index is 0.179. The number of hydrogen-bond acceptors (Lipinski definition) is 2. The van der Waals surface area contributed by atoms with Crippen LogP contribution in [0.1, 0.15) is 32.3 Å². The van der Waals surface area contributed by atoms with Crippen molar-refractivity contribution in [1.82, 2.24) is 0 Å². The summed E-state index contributed by atoms with van der Waals surface area (Å²) in [4.78, 5) is 0. The molecule has 3 unspecified atom stereocenters. The minimum Gasteiger partial charge on any atom is -0.380 e. The molecule has 0 radical (unpaired) electrons. The van der Waals surface area contributed by atoms with Gasteiger partial charge in [-0.25, -0.2) is 0 Å². The molecule has 0 aromatic heterocycles. The molecular weight excluding hydrogens is 258 g/mol. The molecule has 1 saturated heterocycles. The number of nitrogens with one attached hydrogen (secondary N) is 1. The molecule has 2 aliphatic rings. The molecule has 104 valence electrons. The zero-order valence-corrected chi connectivity index (χ0v) is 12.6. The number of fused-ring (bicyclic) bond motifs is 1. The van der Waals surface area contributed by atoms with Gasteiger partial charge in [0.25, 0.3) is 0 Å². The highest BCUT2D eigenvalue weighted by atomic mass is 35.5. The Kier molecular flexibility index (Phi) is 3.26. The molecule has 3 heteroatoms. The van der Waals surface area contributed by atoms with Crippen LogP contribution in [0, 0.1) is 18.3 Å². The smallest absolute Gasteiger partial charge is 0.0693 e. The van der Waals surface area contributed by atoms with Crippen LogP contribution in [-0.4, -0.2) is 18.8 Å². The Morgan fingerprint density at radius 1 is 1.37 bits per heavy atom. The largest absolute Gasteiger partial charge is 0.380 e. The van der Waals surface area contributed by atoms with Gasteiger partial charge in [0.05, 0.1) is 16.8 Å². The van der Waals surface area contributed by atoms with Crippen LogP contribution in [-0.2, 0) is 4.74 Å². The Morgan fingerprint density at radius 2 is 2.16 bits per heavy atom. The van der Waals surface area contributed by atoms with E-state index in [4.69, 9.17) is 16.3 Å². The predicted molar refractivity (Wildman–Crippen MR) is 79.8 cm³/mol. The van der Waals surface area contributed by atoms with E-state index in [0.29, 0.717) is 18.1 Å². The van der Waals surface area contributed by atoms with Gasteiger partial charge in [-0.3, -0.25) is 0 Å². The zero-order chi connectivity index (χ0) is 13.6. The van der Waals surface area contributed by atoms with Crippen molar-refractivity contribution in [2.24, 2.45) is 11.3 Å². The molecule has 2 nitrogen and oxygen atoms in total. The van der Waals surface area contributed by atoms with Crippen molar-refractivity contribution in [1.29, 1.82) is 0 Å². The molecule has 0 bridgehead atoms. The van der Waals surface area contributed by atoms with Gasteiger partial charge < -0.3 is 10.1 Å². The summed E-state index contributed by atoms with van der Waals surface area (Å²) in [7, 11) is 0. The van der Waals surface area contributed by atoms with Crippen LogP contribution >= 0.6 is 11.6 Å². The molecule has 3 rings (SSSR count). The van der Waals surface area contributed by atoms with E-state index in [-0.39, 0.29) is 5.41 Å². The van der Waals surface area contributed by atoms with E-state index in [1.165, 1.54) is 18.4 Å². The van der Waals surface area contributed by atoms with Crippen molar-refractivity contribution in [3.05, 3.63) is 28.8 Å². The summed E-state index contributed by atoms with van der Waals surface area (Å²) in [6, 6.07) is 6.61. The fourth-order valence-electron chi connectivity index (χ4n) is 3.73. The van der Waals surface area contributed by atoms with Crippen molar-refractivity contribution in [3.8, 4) is 0 Å². The fourth-order valence-corrected chi connectivity index (χ4v) is 3.90. The van der Waals surface area contributed by atoms with Crippen LogP contribution in [0.3, 0.4) is 0 Å². The molecule has 19 heavy (non-hydrogen) atoms. The summed E-state index contributed by atoms with van der Waals surface area (Å²) in [5.74, 6) is 0.625. The molecule has 0 spiro atoms. The summed E-state index contributed by atoms with van der Waals surface area (Å²) >= 11 is 6.30. The first-order valence-electron chi connectivity index (χ1n) is 7.14. The summed E-state index contributed by atoms with van der Waals surface area (Å²) in [6.45, 7) is 7.60. The maximum atomic E-state index is 6.30. The number of halogens is 1. The number of rotatable bonds is 2. The van der Waals surface area contributed by atoms with Crippen LogP contribution in [0.15, 0.2) is 18.2 Å². The molecule has 1 aromatic carbocycles. The first-order valence-corrected chi connectivity index (χ1v) is 7.52. The highest BCUT2D eigenvalue weighted by molar-refractivity contribution is 6.33. The van der Waals surface area contributed by atoms with E-state index in [2.05, 4.69) is 32.2 Å². The number of aryl methyl sites for hydroxylation is 1. The lowest BCUT2D eigenvalue weighted by molar-refractivity contribution is -0.177. The van der Waals surface area contributed by atoms with Crippen molar-refractivity contribution in [2.45, 2.75) is 45.8 Å². The van der Waals surface area contributed by atoms with E-state index < -0.39 is 0 Å². The summed E-state index contributed by atoms with van der Waals surface area (Å²) in [6.07, 6.45) is 2.84. The second-order valence-corrected chi connectivity index (χ2v) is 6.93. The van der Waals surface area contributed by atoms with Crippen molar-refractivity contribution in [3.63, 3.8) is 0 Å². The van der Waals surface area contributed by atoms with E-state index >= 15 is 0 Å². The van der Waals surface area contributed by atoms with E-state index in [1.807, 2.05) is 12.1 Å². The van der Waals surface area contributed by atoms with Gasteiger partial charge in [0, 0.05) is 24.0 Å². The van der Waals surface area contributed by atoms with Gasteiger partial charge >= 0.3 is 0 Å². The standard InChI is InChI=1S/C16H22ClNO/c1-10-6-7-12(17)13(9-10)18-14-11-5-4-8-19-15(11)16(14,2)3/h6-7,9,11,14-15,18H,4-5,8H2,1-3H3. The molecule has 1 heterocycles. The van der Waals surface area contributed by atoms with Crippen molar-refractivity contribution in [2.75, 3.05) is 11.9 Å². The topological polar surface area (TPSA) is 21.3 Å². The van der Waals surface area contributed by atoms with Crippen LogP contribution < -0.4 is 5.32 Å². The second kappa shape index (κ2) is 4.68.